The van der Waals surface area contributed by atoms with Crippen molar-refractivity contribution in [3.63, 3.8) is 0 Å². The Labute approximate surface area is 138 Å². The number of carbonyl (C=O) groups is 1. The number of imidazole rings is 1. The fourth-order valence-corrected chi connectivity index (χ4v) is 3.07. The number of nitrogens with zero attached hydrogens (tertiary/aromatic N) is 3. The number of hydrogen-bond acceptors (Lipinski definition) is 6. The SMILES string of the molecule is CCOC(=O)C1=C(C)Nc2nc3ccccc3n2[C@H]1c1cocn1. The lowest BCUT2D eigenvalue weighted by Crippen LogP contribution is -2.29. The normalized spacial score (nSPS) is 16.8. The minimum Gasteiger partial charge on any atom is -0.463 e. The molecule has 1 aliphatic rings. The second-order valence-electron chi connectivity index (χ2n) is 5.49. The molecule has 0 saturated carbocycles. The predicted octanol–water partition coefficient (Wildman–Crippen LogP) is 2.88. The lowest BCUT2D eigenvalue weighted by atomic mass is 10.00. The molecule has 1 N–H and O–H groups in total. The fraction of sp³-hybridized carbons (Fsp3) is 0.235. The van der Waals surface area contributed by atoms with Gasteiger partial charge in [0.25, 0.3) is 0 Å². The molecule has 0 bridgehead atoms. The number of fused-ring (bicyclic) bond motifs is 3. The summed E-state index contributed by atoms with van der Waals surface area (Å²) in [5.74, 6) is 0.286. The maximum Gasteiger partial charge on any atom is 0.338 e. The van der Waals surface area contributed by atoms with E-state index in [1.165, 1.54) is 6.39 Å². The molecule has 1 aromatic carbocycles. The van der Waals surface area contributed by atoms with Gasteiger partial charge in [0.15, 0.2) is 6.39 Å². The van der Waals surface area contributed by atoms with Gasteiger partial charge in [-0.15, -0.1) is 0 Å². The van der Waals surface area contributed by atoms with Gasteiger partial charge in [-0.3, -0.25) is 4.57 Å². The average Bonchev–Trinajstić information content (AvgIpc) is 3.21. The highest BCUT2D eigenvalue weighted by Gasteiger charge is 2.36. The maximum absolute atomic E-state index is 12.6. The Morgan fingerprint density at radius 1 is 1.42 bits per heavy atom. The predicted molar refractivity (Wildman–Crippen MR) is 87.3 cm³/mol. The van der Waals surface area contributed by atoms with Gasteiger partial charge in [-0.2, -0.15) is 0 Å². The van der Waals surface area contributed by atoms with Crippen LogP contribution in [0.1, 0.15) is 25.6 Å². The number of nitrogens with one attached hydrogen (secondary N) is 1. The molecule has 0 saturated heterocycles. The molecule has 4 rings (SSSR count). The van der Waals surface area contributed by atoms with E-state index in [1.54, 1.807) is 13.2 Å². The van der Waals surface area contributed by atoms with Gasteiger partial charge in [-0.05, 0) is 26.0 Å². The van der Waals surface area contributed by atoms with Crippen molar-refractivity contribution in [2.45, 2.75) is 19.9 Å². The maximum atomic E-state index is 12.6. The number of carbonyl (C=O) groups excluding carboxylic acids is 1. The lowest BCUT2D eigenvalue weighted by Gasteiger charge is -2.28. The minimum atomic E-state index is -0.452. The Balaban J connectivity index is 1.97. The first-order valence-corrected chi connectivity index (χ1v) is 7.70. The minimum absolute atomic E-state index is 0.304. The first-order valence-electron chi connectivity index (χ1n) is 7.70. The number of allylic oxidation sites excluding steroid dienone is 1. The Hall–Kier alpha value is -3.09. The van der Waals surface area contributed by atoms with Gasteiger partial charge in [-0.25, -0.2) is 14.8 Å². The molecule has 7 nitrogen and oxygen atoms in total. The first-order chi connectivity index (χ1) is 11.7. The van der Waals surface area contributed by atoms with Crippen molar-refractivity contribution in [3.8, 4) is 0 Å². The van der Waals surface area contributed by atoms with Crippen molar-refractivity contribution in [1.82, 2.24) is 14.5 Å². The summed E-state index contributed by atoms with van der Waals surface area (Å²) in [5, 5.41) is 3.20. The molecule has 0 fully saturated rings. The summed E-state index contributed by atoms with van der Waals surface area (Å²) < 4.78 is 12.4. The molecule has 7 heteroatoms. The van der Waals surface area contributed by atoms with E-state index in [0.29, 0.717) is 29.5 Å². The molecule has 1 atom stereocenters. The van der Waals surface area contributed by atoms with Crippen molar-refractivity contribution < 1.29 is 13.9 Å². The van der Waals surface area contributed by atoms with Crippen LogP contribution in [0.4, 0.5) is 5.95 Å². The van der Waals surface area contributed by atoms with E-state index in [-0.39, 0.29) is 5.97 Å². The topological polar surface area (TPSA) is 82.2 Å². The largest absolute Gasteiger partial charge is 0.463 e. The van der Waals surface area contributed by atoms with Crippen molar-refractivity contribution >= 4 is 23.0 Å². The van der Waals surface area contributed by atoms with E-state index >= 15 is 0 Å². The molecular formula is C17H16N4O3. The van der Waals surface area contributed by atoms with E-state index in [2.05, 4.69) is 15.3 Å². The number of para-hydroxylation sites is 2. The number of ether oxygens (including phenoxy) is 1. The van der Waals surface area contributed by atoms with E-state index < -0.39 is 6.04 Å². The standard InChI is InChI=1S/C17H16N4O3/c1-3-24-16(22)14-10(2)19-17-20-11-6-4-5-7-13(11)21(17)15(14)12-8-23-9-18-12/h4-9,15H,3H2,1-2H3,(H,19,20)/t15-/m0/s1. The number of aromatic nitrogens is 3. The van der Waals surface area contributed by atoms with Crippen molar-refractivity contribution in [1.29, 1.82) is 0 Å². The molecule has 0 spiro atoms. The summed E-state index contributed by atoms with van der Waals surface area (Å²) in [4.78, 5) is 21.4. The average molecular weight is 324 g/mol. The second kappa shape index (κ2) is 5.52. The van der Waals surface area contributed by atoms with Gasteiger partial charge < -0.3 is 14.5 Å². The van der Waals surface area contributed by atoms with Gasteiger partial charge in [0.05, 0.1) is 23.2 Å². The van der Waals surface area contributed by atoms with Crippen LogP contribution in [0.25, 0.3) is 11.0 Å². The van der Waals surface area contributed by atoms with Gasteiger partial charge in [0.1, 0.15) is 18.0 Å². The molecule has 1 aliphatic heterocycles. The molecule has 122 valence electrons. The van der Waals surface area contributed by atoms with Crippen LogP contribution in [0.5, 0.6) is 0 Å². The Morgan fingerprint density at radius 2 is 2.25 bits per heavy atom. The third-order valence-corrected chi connectivity index (χ3v) is 4.06. The second-order valence-corrected chi connectivity index (χ2v) is 5.49. The molecule has 0 amide bonds. The van der Waals surface area contributed by atoms with Crippen molar-refractivity contribution in [2.75, 3.05) is 11.9 Å². The van der Waals surface area contributed by atoms with Crippen LogP contribution < -0.4 is 5.32 Å². The van der Waals surface area contributed by atoms with E-state index in [0.717, 1.165) is 11.0 Å². The number of oxazole rings is 1. The number of anilines is 1. The quantitative estimate of drug-likeness (QED) is 0.746. The molecule has 2 aromatic heterocycles. The Kier molecular flexibility index (Phi) is 3.34. The van der Waals surface area contributed by atoms with Crippen LogP contribution in [0.3, 0.4) is 0 Å². The summed E-state index contributed by atoms with van der Waals surface area (Å²) in [7, 11) is 0. The number of hydrogen-bond donors (Lipinski definition) is 1. The van der Waals surface area contributed by atoms with Gasteiger partial charge in [-0.1, -0.05) is 12.1 Å². The van der Waals surface area contributed by atoms with E-state index in [1.807, 2.05) is 35.8 Å². The Morgan fingerprint density at radius 3 is 3.00 bits per heavy atom. The highest BCUT2D eigenvalue weighted by atomic mass is 16.5. The monoisotopic (exact) mass is 324 g/mol. The van der Waals surface area contributed by atoms with Crippen LogP contribution in [-0.4, -0.2) is 27.1 Å². The highest BCUT2D eigenvalue weighted by molar-refractivity contribution is 5.93. The molecule has 3 heterocycles. The fourth-order valence-electron chi connectivity index (χ4n) is 3.07. The number of rotatable bonds is 3. The molecule has 3 aromatic rings. The van der Waals surface area contributed by atoms with Gasteiger partial charge >= 0.3 is 5.97 Å². The summed E-state index contributed by atoms with van der Waals surface area (Å²) in [6, 6.07) is 7.31. The van der Waals surface area contributed by atoms with Gasteiger partial charge in [0.2, 0.25) is 5.95 Å². The summed E-state index contributed by atoms with van der Waals surface area (Å²) >= 11 is 0. The third-order valence-electron chi connectivity index (χ3n) is 4.06. The van der Waals surface area contributed by atoms with Crippen LogP contribution in [-0.2, 0) is 9.53 Å². The van der Waals surface area contributed by atoms with Gasteiger partial charge in [0, 0.05) is 5.70 Å². The van der Waals surface area contributed by atoms with Crippen LogP contribution >= 0.6 is 0 Å². The lowest BCUT2D eigenvalue weighted by molar-refractivity contribution is -0.139. The third kappa shape index (κ3) is 2.09. The molecular weight excluding hydrogens is 308 g/mol. The molecule has 0 unspecified atom stereocenters. The molecule has 0 aliphatic carbocycles. The smallest absolute Gasteiger partial charge is 0.338 e. The first kappa shape index (κ1) is 14.5. The van der Waals surface area contributed by atoms with Crippen molar-refractivity contribution in [3.05, 3.63) is 53.9 Å². The highest BCUT2D eigenvalue weighted by Crippen LogP contribution is 2.38. The van der Waals surface area contributed by atoms with Crippen LogP contribution in [0.15, 0.2) is 52.6 Å². The zero-order chi connectivity index (χ0) is 16.7. The number of benzene rings is 1. The summed E-state index contributed by atoms with van der Waals surface area (Å²) in [6.07, 6.45) is 2.90. The summed E-state index contributed by atoms with van der Waals surface area (Å²) in [5.41, 5.74) is 3.57. The number of esters is 1. The zero-order valence-corrected chi connectivity index (χ0v) is 13.3. The molecule has 24 heavy (non-hydrogen) atoms. The van der Waals surface area contributed by atoms with Crippen LogP contribution in [0, 0.1) is 0 Å². The van der Waals surface area contributed by atoms with E-state index in [9.17, 15) is 4.79 Å². The van der Waals surface area contributed by atoms with Crippen LogP contribution in [0.2, 0.25) is 0 Å². The summed E-state index contributed by atoms with van der Waals surface area (Å²) in [6.45, 7) is 3.92. The zero-order valence-electron chi connectivity index (χ0n) is 13.3. The Bertz CT molecular complexity index is 940. The van der Waals surface area contributed by atoms with E-state index in [4.69, 9.17) is 9.15 Å². The van der Waals surface area contributed by atoms with Crippen molar-refractivity contribution in [2.24, 2.45) is 0 Å². The molecule has 0 radical (unpaired) electrons.